The predicted molar refractivity (Wildman–Crippen MR) is 74.5 cm³/mol. The molecule has 0 aliphatic carbocycles. The maximum absolute atomic E-state index is 11.8. The van der Waals surface area contributed by atoms with Crippen LogP contribution in [0.4, 0.5) is 0 Å². The van der Waals surface area contributed by atoms with Gasteiger partial charge >= 0.3 is 0 Å². The second-order valence-electron chi connectivity index (χ2n) is 4.77. The van der Waals surface area contributed by atoms with Crippen molar-refractivity contribution in [2.75, 3.05) is 39.4 Å². The largest absolute Gasteiger partial charge is 0.370 e. The molecule has 104 valence electrons. The molecule has 0 spiro atoms. The summed E-state index contributed by atoms with van der Waals surface area (Å²) in [5.41, 5.74) is 1.14. The highest BCUT2D eigenvalue weighted by atomic mass is 35.5. The summed E-state index contributed by atoms with van der Waals surface area (Å²) >= 11 is 5.91. The van der Waals surface area contributed by atoms with Crippen LogP contribution in [-0.2, 0) is 16.0 Å². The Morgan fingerprint density at radius 1 is 1.37 bits per heavy atom. The van der Waals surface area contributed by atoms with Crippen LogP contribution in [-0.4, -0.2) is 45.3 Å². The highest BCUT2D eigenvalue weighted by Crippen LogP contribution is 2.10. The van der Waals surface area contributed by atoms with Gasteiger partial charge in [0.05, 0.1) is 13.2 Å². The number of ether oxygens (including phenoxy) is 1. The van der Waals surface area contributed by atoms with Gasteiger partial charge in [0.1, 0.15) is 13.1 Å². The quantitative estimate of drug-likeness (QED) is 0.793. The lowest BCUT2D eigenvalue weighted by molar-refractivity contribution is -0.900. The fraction of sp³-hybridized carbons (Fsp3) is 0.500. The van der Waals surface area contributed by atoms with Crippen molar-refractivity contribution in [3.8, 4) is 0 Å². The Kier molecular flexibility index (Phi) is 5.63. The number of morpholine rings is 1. The number of hydrogen-bond donors (Lipinski definition) is 2. The summed E-state index contributed by atoms with van der Waals surface area (Å²) in [7, 11) is 0. The molecule has 2 rings (SSSR count). The molecule has 5 heteroatoms. The van der Waals surface area contributed by atoms with E-state index < -0.39 is 0 Å². The van der Waals surface area contributed by atoms with E-state index in [1.807, 2.05) is 24.3 Å². The minimum Gasteiger partial charge on any atom is -0.370 e. The Balaban J connectivity index is 1.66. The maximum atomic E-state index is 11.8. The summed E-state index contributed by atoms with van der Waals surface area (Å²) in [6, 6.07) is 7.73. The fourth-order valence-corrected chi connectivity index (χ4v) is 2.38. The van der Waals surface area contributed by atoms with E-state index >= 15 is 0 Å². The second kappa shape index (κ2) is 7.48. The van der Waals surface area contributed by atoms with E-state index in [1.54, 1.807) is 0 Å². The van der Waals surface area contributed by atoms with Gasteiger partial charge in [0.25, 0.3) is 5.91 Å². The normalized spacial score (nSPS) is 16.3. The first-order chi connectivity index (χ1) is 9.24. The number of halogens is 1. The lowest BCUT2D eigenvalue weighted by Gasteiger charge is -2.23. The van der Waals surface area contributed by atoms with Crippen molar-refractivity contribution in [2.24, 2.45) is 0 Å². The number of rotatable bonds is 5. The number of benzene rings is 1. The molecule has 1 aromatic carbocycles. The summed E-state index contributed by atoms with van der Waals surface area (Å²) in [5, 5.41) is 3.69. The molecule has 0 unspecified atom stereocenters. The van der Waals surface area contributed by atoms with E-state index in [1.165, 1.54) is 4.90 Å². The standard InChI is InChI=1S/C14H19ClN2O2/c15-13-3-1-2-12(10-13)4-5-16-14(18)11-17-6-8-19-9-7-17/h1-3,10H,4-9,11H2,(H,16,18)/p+1. The Labute approximate surface area is 118 Å². The number of amides is 1. The van der Waals surface area contributed by atoms with Gasteiger partial charge in [-0.3, -0.25) is 4.79 Å². The lowest BCUT2D eigenvalue weighted by atomic mass is 10.1. The molecule has 0 saturated carbocycles. The summed E-state index contributed by atoms with van der Waals surface area (Å²) in [6.45, 7) is 4.54. The summed E-state index contributed by atoms with van der Waals surface area (Å²) in [5.74, 6) is 0.110. The van der Waals surface area contributed by atoms with Crippen LogP contribution >= 0.6 is 11.6 Å². The van der Waals surface area contributed by atoms with Crippen molar-refractivity contribution in [3.05, 3.63) is 34.9 Å². The number of quaternary nitrogens is 1. The van der Waals surface area contributed by atoms with E-state index in [0.717, 1.165) is 43.3 Å². The molecule has 1 aliphatic rings. The van der Waals surface area contributed by atoms with Gasteiger partial charge in [-0.2, -0.15) is 0 Å². The lowest BCUT2D eigenvalue weighted by Crippen LogP contribution is -3.15. The number of carbonyl (C=O) groups is 1. The van der Waals surface area contributed by atoms with E-state index in [0.29, 0.717) is 13.1 Å². The Morgan fingerprint density at radius 3 is 2.89 bits per heavy atom. The van der Waals surface area contributed by atoms with Gasteiger partial charge in [0, 0.05) is 11.6 Å². The maximum Gasteiger partial charge on any atom is 0.275 e. The van der Waals surface area contributed by atoms with Crippen LogP contribution in [0.3, 0.4) is 0 Å². The van der Waals surface area contributed by atoms with Gasteiger partial charge in [-0.25, -0.2) is 0 Å². The van der Waals surface area contributed by atoms with Crippen molar-refractivity contribution in [3.63, 3.8) is 0 Å². The van der Waals surface area contributed by atoms with Gasteiger partial charge in [-0.15, -0.1) is 0 Å². The highest BCUT2D eigenvalue weighted by molar-refractivity contribution is 6.30. The molecule has 19 heavy (non-hydrogen) atoms. The van der Waals surface area contributed by atoms with E-state index in [2.05, 4.69) is 5.32 Å². The van der Waals surface area contributed by atoms with Gasteiger partial charge in [0.15, 0.2) is 6.54 Å². The molecule has 0 atom stereocenters. The SMILES string of the molecule is O=C(C[NH+]1CCOCC1)NCCc1cccc(Cl)c1. The smallest absolute Gasteiger partial charge is 0.275 e. The zero-order valence-corrected chi connectivity index (χ0v) is 11.7. The predicted octanol–water partition coefficient (Wildman–Crippen LogP) is -0.0862. The molecule has 1 saturated heterocycles. The van der Waals surface area contributed by atoms with E-state index in [4.69, 9.17) is 16.3 Å². The summed E-state index contributed by atoms with van der Waals surface area (Å²) < 4.78 is 5.27. The third kappa shape index (κ3) is 5.19. The first kappa shape index (κ1) is 14.3. The van der Waals surface area contributed by atoms with Gasteiger partial charge in [-0.05, 0) is 24.1 Å². The first-order valence-corrected chi connectivity index (χ1v) is 7.04. The van der Waals surface area contributed by atoms with E-state index in [-0.39, 0.29) is 5.91 Å². The molecule has 0 bridgehead atoms. The third-order valence-corrected chi connectivity index (χ3v) is 3.47. The zero-order valence-electron chi connectivity index (χ0n) is 11.0. The van der Waals surface area contributed by atoms with Crippen molar-refractivity contribution in [2.45, 2.75) is 6.42 Å². The van der Waals surface area contributed by atoms with Crippen molar-refractivity contribution in [1.82, 2.24) is 5.32 Å². The molecular weight excluding hydrogens is 264 g/mol. The minimum atomic E-state index is 0.110. The fourth-order valence-electron chi connectivity index (χ4n) is 2.17. The number of carbonyl (C=O) groups excluding carboxylic acids is 1. The van der Waals surface area contributed by atoms with Crippen molar-refractivity contribution >= 4 is 17.5 Å². The van der Waals surface area contributed by atoms with Gasteiger partial charge in [0.2, 0.25) is 0 Å². The molecule has 1 heterocycles. The minimum absolute atomic E-state index is 0.110. The Hall–Kier alpha value is -1.10. The monoisotopic (exact) mass is 283 g/mol. The number of nitrogens with one attached hydrogen (secondary N) is 2. The highest BCUT2D eigenvalue weighted by Gasteiger charge is 2.16. The van der Waals surface area contributed by atoms with Crippen LogP contribution in [0.1, 0.15) is 5.56 Å². The Morgan fingerprint density at radius 2 is 2.16 bits per heavy atom. The van der Waals surface area contributed by atoms with E-state index in [9.17, 15) is 4.79 Å². The van der Waals surface area contributed by atoms with Gasteiger partial charge < -0.3 is 15.0 Å². The van der Waals surface area contributed by atoms with Crippen LogP contribution in [0.2, 0.25) is 5.02 Å². The van der Waals surface area contributed by atoms with Crippen LogP contribution in [0.5, 0.6) is 0 Å². The van der Waals surface area contributed by atoms with Crippen LogP contribution in [0.25, 0.3) is 0 Å². The summed E-state index contributed by atoms with van der Waals surface area (Å²) in [6.07, 6.45) is 0.810. The first-order valence-electron chi connectivity index (χ1n) is 6.66. The summed E-state index contributed by atoms with van der Waals surface area (Å²) in [4.78, 5) is 13.1. The Bertz CT molecular complexity index is 420. The molecular formula is C14H20ClN2O2+. The third-order valence-electron chi connectivity index (χ3n) is 3.24. The van der Waals surface area contributed by atoms with Crippen molar-refractivity contribution < 1.29 is 14.4 Å². The molecule has 1 fully saturated rings. The second-order valence-corrected chi connectivity index (χ2v) is 5.21. The van der Waals surface area contributed by atoms with Crippen LogP contribution in [0.15, 0.2) is 24.3 Å². The average molecular weight is 284 g/mol. The van der Waals surface area contributed by atoms with Crippen LogP contribution in [0, 0.1) is 0 Å². The zero-order chi connectivity index (χ0) is 13.5. The molecule has 1 aliphatic heterocycles. The topological polar surface area (TPSA) is 42.8 Å². The molecule has 4 nitrogen and oxygen atoms in total. The van der Waals surface area contributed by atoms with Crippen LogP contribution < -0.4 is 10.2 Å². The average Bonchev–Trinajstić information content (AvgIpc) is 2.40. The molecule has 0 radical (unpaired) electrons. The molecule has 2 N–H and O–H groups in total. The molecule has 1 amide bonds. The van der Waals surface area contributed by atoms with Gasteiger partial charge in [-0.1, -0.05) is 23.7 Å². The molecule has 0 aromatic heterocycles. The molecule has 1 aromatic rings. The van der Waals surface area contributed by atoms with Crippen molar-refractivity contribution in [1.29, 1.82) is 0 Å². The number of hydrogen-bond acceptors (Lipinski definition) is 2.